The molecule has 3 rings (SSSR count). The number of hydrogen-bond donors (Lipinski definition) is 1. The van der Waals surface area contributed by atoms with Crippen molar-refractivity contribution in [2.75, 3.05) is 0 Å². The number of halogens is 2. The Bertz CT molecular complexity index is 968. The number of oxazole rings is 1. The molecule has 0 aliphatic heterocycles. The highest BCUT2D eigenvalue weighted by Gasteiger charge is 2.16. The minimum Gasteiger partial charge on any atom is -0.483 e. The zero-order valence-corrected chi connectivity index (χ0v) is 15.3. The minimum absolute atomic E-state index is 0. The lowest BCUT2D eigenvalue weighted by atomic mass is 10.2. The highest BCUT2D eigenvalue weighted by Crippen LogP contribution is 2.32. The number of ether oxygens (including phenoxy) is 1. The molecule has 0 fully saturated rings. The predicted octanol–water partition coefficient (Wildman–Crippen LogP) is 3.68. The van der Waals surface area contributed by atoms with Crippen LogP contribution in [0.2, 0.25) is 5.02 Å². The highest BCUT2D eigenvalue weighted by molar-refractivity contribution is 6.32. The first-order valence-electron chi connectivity index (χ1n) is 7.58. The van der Waals surface area contributed by atoms with Crippen molar-refractivity contribution in [3.05, 3.63) is 57.8 Å². The molecular weight excluding hydrogens is 383 g/mol. The van der Waals surface area contributed by atoms with Gasteiger partial charge in [-0.3, -0.25) is 14.3 Å². The fraction of sp³-hybridized carbons (Fsp3) is 0.235. The number of aryl methyl sites for hydroxylation is 1. The van der Waals surface area contributed by atoms with Crippen LogP contribution in [0.4, 0.5) is 0 Å². The molecule has 3 aromatic rings. The van der Waals surface area contributed by atoms with E-state index in [1.54, 1.807) is 6.20 Å². The molecule has 26 heavy (non-hydrogen) atoms. The molecule has 0 amide bonds. The third-order valence-corrected chi connectivity index (χ3v) is 3.97. The third-order valence-electron chi connectivity index (χ3n) is 3.68. The standard InChI is InChI=1S/C17H15ClN2O5.ClH/c1-10(12-4-2-3-6-19-12)24-14-9-15-13(8-11(14)18)20(17(23)25-15)7-5-16(21)22;/h2-4,6,8-10H,5,7H2,1H3,(H,21,22);1H/t10-;/m1./s1. The maximum absolute atomic E-state index is 11.9. The summed E-state index contributed by atoms with van der Waals surface area (Å²) in [5, 5.41) is 9.08. The van der Waals surface area contributed by atoms with E-state index < -0.39 is 11.7 Å². The van der Waals surface area contributed by atoms with Gasteiger partial charge in [0.1, 0.15) is 11.9 Å². The number of carbonyl (C=O) groups is 1. The number of carboxylic acid groups (broad SMARTS) is 1. The number of carboxylic acids is 1. The summed E-state index contributed by atoms with van der Waals surface area (Å²) in [6.45, 7) is 1.83. The SMILES string of the molecule is C[C@@H](Oc1cc2oc(=O)n(CCC(=O)O)c2cc1Cl)c1ccccn1.Cl. The van der Waals surface area contributed by atoms with Gasteiger partial charge in [-0.25, -0.2) is 4.79 Å². The van der Waals surface area contributed by atoms with E-state index in [2.05, 4.69) is 4.98 Å². The van der Waals surface area contributed by atoms with Crippen LogP contribution in [0.1, 0.15) is 25.1 Å². The highest BCUT2D eigenvalue weighted by atomic mass is 35.5. The van der Waals surface area contributed by atoms with Crippen molar-refractivity contribution in [2.45, 2.75) is 26.0 Å². The van der Waals surface area contributed by atoms with Gasteiger partial charge in [0.05, 0.1) is 22.7 Å². The van der Waals surface area contributed by atoms with Gasteiger partial charge in [0.2, 0.25) is 0 Å². The first-order valence-corrected chi connectivity index (χ1v) is 7.96. The molecule has 1 N–H and O–H groups in total. The average molecular weight is 399 g/mol. The van der Waals surface area contributed by atoms with Gasteiger partial charge in [-0.15, -0.1) is 12.4 Å². The maximum Gasteiger partial charge on any atom is 0.419 e. The Labute approximate surface area is 159 Å². The summed E-state index contributed by atoms with van der Waals surface area (Å²) >= 11 is 6.26. The zero-order chi connectivity index (χ0) is 18.0. The van der Waals surface area contributed by atoms with Crippen LogP contribution >= 0.6 is 24.0 Å². The van der Waals surface area contributed by atoms with Gasteiger partial charge in [0, 0.05) is 18.8 Å². The second-order valence-corrected chi connectivity index (χ2v) is 5.84. The van der Waals surface area contributed by atoms with Gasteiger partial charge in [-0.05, 0) is 25.1 Å². The van der Waals surface area contributed by atoms with Gasteiger partial charge in [-0.2, -0.15) is 0 Å². The van der Waals surface area contributed by atoms with Crippen molar-refractivity contribution in [2.24, 2.45) is 0 Å². The van der Waals surface area contributed by atoms with E-state index in [4.69, 9.17) is 25.9 Å². The molecule has 0 unspecified atom stereocenters. The average Bonchev–Trinajstić information content (AvgIpc) is 2.88. The number of nitrogens with zero attached hydrogens (tertiary/aromatic N) is 2. The van der Waals surface area contributed by atoms with Crippen molar-refractivity contribution in [1.29, 1.82) is 0 Å². The fourth-order valence-electron chi connectivity index (χ4n) is 2.44. The summed E-state index contributed by atoms with van der Waals surface area (Å²) < 4.78 is 12.2. The summed E-state index contributed by atoms with van der Waals surface area (Å²) in [6.07, 6.45) is 1.12. The second kappa shape index (κ2) is 8.25. The van der Waals surface area contributed by atoms with Gasteiger partial charge in [0.15, 0.2) is 5.58 Å². The summed E-state index contributed by atoms with van der Waals surface area (Å²) in [5.74, 6) is -1.29. The van der Waals surface area contributed by atoms with Gasteiger partial charge >= 0.3 is 11.7 Å². The van der Waals surface area contributed by atoms with E-state index in [9.17, 15) is 9.59 Å². The molecule has 9 heteroatoms. The van der Waals surface area contributed by atoms with Gasteiger partial charge < -0.3 is 14.3 Å². The Morgan fingerprint density at radius 1 is 1.42 bits per heavy atom. The molecule has 2 heterocycles. The molecule has 0 saturated carbocycles. The van der Waals surface area contributed by atoms with E-state index in [-0.39, 0.29) is 37.1 Å². The number of aromatic nitrogens is 2. The fourth-order valence-corrected chi connectivity index (χ4v) is 2.64. The Morgan fingerprint density at radius 3 is 2.85 bits per heavy atom. The Morgan fingerprint density at radius 2 is 2.19 bits per heavy atom. The van der Waals surface area contributed by atoms with Crippen LogP contribution in [-0.4, -0.2) is 20.6 Å². The van der Waals surface area contributed by atoms with Crippen LogP contribution in [-0.2, 0) is 11.3 Å². The molecule has 0 aliphatic rings. The molecule has 0 radical (unpaired) electrons. The summed E-state index contributed by atoms with van der Waals surface area (Å²) in [5.41, 5.74) is 1.44. The van der Waals surface area contributed by atoms with Crippen LogP contribution in [0.5, 0.6) is 5.75 Å². The second-order valence-electron chi connectivity index (χ2n) is 5.43. The third kappa shape index (κ3) is 4.17. The summed E-state index contributed by atoms with van der Waals surface area (Å²) in [6, 6.07) is 8.55. The van der Waals surface area contributed by atoms with E-state index in [1.165, 1.54) is 16.7 Å². The van der Waals surface area contributed by atoms with Crippen molar-refractivity contribution >= 4 is 41.1 Å². The molecule has 1 atom stereocenters. The topological polar surface area (TPSA) is 94.6 Å². The Balaban J connectivity index is 0.00000243. The monoisotopic (exact) mass is 398 g/mol. The number of fused-ring (bicyclic) bond motifs is 1. The van der Waals surface area contributed by atoms with Crippen molar-refractivity contribution in [1.82, 2.24) is 9.55 Å². The van der Waals surface area contributed by atoms with Crippen LogP contribution < -0.4 is 10.5 Å². The van der Waals surface area contributed by atoms with Gasteiger partial charge in [-0.1, -0.05) is 17.7 Å². The van der Waals surface area contributed by atoms with E-state index in [0.29, 0.717) is 16.3 Å². The number of pyridine rings is 1. The Kier molecular flexibility index (Phi) is 6.28. The normalized spacial score (nSPS) is 11.8. The number of hydrogen-bond acceptors (Lipinski definition) is 5. The van der Waals surface area contributed by atoms with Crippen molar-refractivity contribution < 1.29 is 19.1 Å². The molecule has 0 aliphatic carbocycles. The largest absolute Gasteiger partial charge is 0.483 e. The van der Waals surface area contributed by atoms with E-state index >= 15 is 0 Å². The Hall–Kier alpha value is -2.51. The minimum atomic E-state index is -1.00. The molecule has 7 nitrogen and oxygen atoms in total. The first-order chi connectivity index (χ1) is 12.0. The van der Waals surface area contributed by atoms with Crippen molar-refractivity contribution in [3.8, 4) is 5.75 Å². The first kappa shape index (κ1) is 19.8. The smallest absolute Gasteiger partial charge is 0.419 e. The number of rotatable bonds is 6. The number of aliphatic carboxylic acids is 1. The lowest BCUT2D eigenvalue weighted by Gasteiger charge is -2.15. The predicted molar refractivity (Wildman–Crippen MR) is 98.3 cm³/mol. The summed E-state index contributed by atoms with van der Waals surface area (Å²) in [4.78, 5) is 26.9. The molecule has 138 valence electrons. The van der Waals surface area contributed by atoms with E-state index in [1.807, 2.05) is 25.1 Å². The molecule has 0 bridgehead atoms. The lowest BCUT2D eigenvalue weighted by Crippen LogP contribution is -2.16. The molecule has 1 aromatic carbocycles. The lowest BCUT2D eigenvalue weighted by molar-refractivity contribution is -0.137. The quantitative estimate of drug-likeness (QED) is 0.680. The van der Waals surface area contributed by atoms with Gasteiger partial charge in [0.25, 0.3) is 0 Å². The van der Waals surface area contributed by atoms with Crippen LogP contribution in [0, 0.1) is 0 Å². The van der Waals surface area contributed by atoms with Crippen LogP contribution in [0.25, 0.3) is 11.1 Å². The zero-order valence-electron chi connectivity index (χ0n) is 13.7. The van der Waals surface area contributed by atoms with E-state index in [0.717, 1.165) is 5.69 Å². The number of benzene rings is 1. The van der Waals surface area contributed by atoms with Crippen molar-refractivity contribution in [3.63, 3.8) is 0 Å². The molecular formula is C17H16Cl2N2O5. The molecule has 2 aromatic heterocycles. The molecule has 0 spiro atoms. The van der Waals surface area contributed by atoms with Crippen LogP contribution in [0.3, 0.4) is 0 Å². The maximum atomic E-state index is 11.9. The summed E-state index contributed by atoms with van der Waals surface area (Å²) in [7, 11) is 0. The van der Waals surface area contributed by atoms with Crippen LogP contribution in [0.15, 0.2) is 45.7 Å². The molecule has 0 saturated heterocycles.